The zero-order valence-electron chi connectivity index (χ0n) is 19.8. The summed E-state index contributed by atoms with van der Waals surface area (Å²) in [5.74, 6) is 0.142. The molecule has 1 atom stereocenters. The number of benzene rings is 1. The average Bonchev–Trinajstić information content (AvgIpc) is 3.50. The number of nitrogens with zero attached hydrogens (tertiary/aromatic N) is 8. The van der Waals surface area contributed by atoms with E-state index in [0.29, 0.717) is 42.6 Å². The number of aromatic nitrogens is 7. The van der Waals surface area contributed by atoms with Crippen molar-refractivity contribution >= 4 is 17.3 Å². The quantitative estimate of drug-likeness (QED) is 0.372. The van der Waals surface area contributed by atoms with Crippen LogP contribution in [0, 0.1) is 0 Å². The van der Waals surface area contributed by atoms with Crippen molar-refractivity contribution in [3.63, 3.8) is 0 Å². The predicted molar refractivity (Wildman–Crippen MR) is 130 cm³/mol. The van der Waals surface area contributed by atoms with Gasteiger partial charge in [-0.25, -0.2) is 19.1 Å². The molecule has 1 aliphatic rings. The Morgan fingerprint density at radius 1 is 1.08 bits per heavy atom. The molecule has 0 saturated carbocycles. The third kappa shape index (κ3) is 5.42. The van der Waals surface area contributed by atoms with Crippen LogP contribution >= 0.6 is 11.6 Å². The topological polar surface area (TPSA) is 116 Å². The largest absolute Gasteiger partial charge is 0.416 e. The molecule has 1 aromatic carbocycles. The highest BCUT2D eigenvalue weighted by molar-refractivity contribution is 6.30. The number of aliphatic hydroxyl groups excluding tert-OH is 1. The summed E-state index contributed by atoms with van der Waals surface area (Å²) in [4.78, 5) is 23.7. The number of halogens is 4. The number of aliphatic hydroxyl groups is 1. The molecule has 15 heteroatoms. The van der Waals surface area contributed by atoms with Crippen LogP contribution in [0.15, 0.2) is 53.8 Å². The van der Waals surface area contributed by atoms with Gasteiger partial charge in [0.15, 0.2) is 17.8 Å². The molecule has 1 aliphatic heterocycles. The summed E-state index contributed by atoms with van der Waals surface area (Å²) in [6, 6.07) is 7.95. The van der Waals surface area contributed by atoms with Gasteiger partial charge in [-0.3, -0.25) is 9.55 Å². The van der Waals surface area contributed by atoms with Gasteiger partial charge in [0, 0.05) is 29.9 Å². The van der Waals surface area contributed by atoms with Crippen LogP contribution in [0.25, 0.3) is 17.1 Å². The van der Waals surface area contributed by atoms with Gasteiger partial charge >= 0.3 is 11.9 Å². The fraction of sp³-hybridized carbons (Fsp3) is 0.348. The summed E-state index contributed by atoms with van der Waals surface area (Å²) in [6.45, 7) is 1.34. The summed E-state index contributed by atoms with van der Waals surface area (Å²) in [7, 11) is 0. The van der Waals surface area contributed by atoms with E-state index >= 15 is 0 Å². The number of rotatable bonds is 7. The van der Waals surface area contributed by atoms with Crippen LogP contribution in [0.4, 0.5) is 18.9 Å². The minimum atomic E-state index is -4.92. The number of ether oxygens (including phenoxy) is 1. The van der Waals surface area contributed by atoms with E-state index in [1.807, 2.05) is 6.07 Å². The van der Waals surface area contributed by atoms with Crippen molar-refractivity contribution in [3.8, 4) is 17.1 Å². The van der Waals surface area contributed by atoms with E-state index < -0.39 is 24.5 Å². The van der Waals surface area contributed by atoms with Crippen molar-refractivity contribution in [2.24, 2.45) is 0 Å². The van der Waals surface area contributed by atoms with Gasteiger partial charge in [0.25, 0.3) is 0 Å². The fourth-order valence-electron chi connectivity index (χ4n) is 4.04. The highest BCUT2D eigenvalue weighted by Crippen LogP contribution is 2.25. The van der Waals surface area contributed by atoms with Crippen molar-refractivity contribution in [1.82, 2.24) is 34.1 Å². The smallest absolute Gasteiger partial charge is 0.382 e. The Labute approximate surface area is 218 Å². The molecule has 0 spiro atoms. The van der Waals surface area contributed by atoms with Crippen molar-refractivity contribution < 1.29 is 23.0 Å². The maximum atomic E-state index is 13.1. The molecule has 0 aliphatic carbocycles. The lowest BCUT2D eigenvalue weighted by atomic mass is 10.2. The van der Waals surface area contributed by atoms with Gasteiger partial charge in [0.2, 0.25) is 0 Å². The fourth-order valence-corrected chi connectivity index (χ4v) is 4.17. The molecule has 0 radical (unpaired) electrons. The van der Waals surface area contributed by atoms with Gasteiger partial charge in [0.1, 0.15) is 18.6 Å². The number of morpholine rings is 1. The SMILES string of the molecule is O=c1n(Cc2ncn(-c3cnccc3N3CCOCC3)n2)nc(-c2ccc(Cl)cc2)n1C[C@H](O)C(F)(F)F. The molecule has 1 N–H and O–H groups in total. The van der Waals surface area contributed by atoms with Gasteiger partial charge in [-0.2, -0.15) is 13.2 Å². The Hall–Kier alpha value is -3.75. The van der Waals surface area contributed by atoms with Crippen molar-refractivity contribution in [2.45, 2.75) is 25.4 Å². The Bertz CT molecular complexity index is 1460. The van der Waals surface area contributed by atoms with Gasteiger partial charge in [-0.1, -0.05) is 11.6 Å². The molecule has 4 aromatic rings. The Morgan fingerprint density at radius 2 is 1.82 bits per heavy atom. The van der Waals surface area contributed by atoms with E-state index in [0.717, 1.165) is 14.9 Å². The van der Waals surface area contributed by atoms with E-state index in [1.54, 1.807) is 12.4 Å². The van der Waals surface area contributed by atoms with Crippen molar-refractivity contribution in [3.05, 3.63) is 70.4 Å². The molecule has 0 bridgehead atoms. The molecule has 38 heavy (non-hydrogen) atoms. The Morgan fingerprint density at radius 3 is 2.53 bits per heavy atom. The number of hydrogen-bond donors (Lipinski definition) is 1. The van der Waals surface area contributed by atoms with Crippen LogP contribution in [0.3, 0.4) is 0 Å². The standard InChI is InChI=1S/C23H22ClF3N8O3/c24-16-3-1-15(2-4-16)21-31-34(22(37)33(21)12-19(36)23(25,26)27)13-20-29-14-35(30-20)18-11-28-6-5-17(18)32-7-9-38-10-8-32/h1-6,11,14,19,36H,7-10,12-13H2/t19-/m0/s1. The van der Waals surface area contributed by atoms with Crippen LogP contribution in [0.5, 0.6) is 0 Å². The third-order valence-corrected chi connectivity index (χ3v) is 6.22. The van der Waals surface area contributed by atoms with Crippen LogP contribution in [-0.2, 0) is 17.8 Å². The zero-order chi connectivity index (χ0) is 26.9. The average molecular weight is 551 g/mol. The molecular formula is C23H22ClF3N8O3. The lowest BCUT2D eigenvalue weighted by Crippen LogP contribution is -2.37. The van der Waals surface area contributed by atoms with Crippen LogP contribution in [0.1, 0.15) is 5.82 Å². The van der Waals surface area contributed by atoms with Crippen LogP contribution in [-0.4, -0.2) is 77.8 Å². The summed E-state index contributed by atoms with van der Waals surface area (Å²) < 4.78 is 47.9. The van der Waals surface area contributed by atoms with Crippen molar-refractivity contribution in [1.29, 1.82) is 0 Å². The lowest BCUT2D eigenvalue weighted by molar-refractivity contribution is -0.207. The van der Waals surface area contributed by atoms with E-state index in [2.05, 4.69) is 25.1 Å². The summed E-state index contributed by atoms with van der Waals surface area (Å²) >= 11 is 5.92. The molecule has 200 valence electrons. The summed E-state index contributed by atoms with van der Waals surface area (Å²) in [6.07, 6.45) is -2.90. The monoisotopic (exact) mass is 550 g/mol. The van der Waals surface area contributed by atoms with Crippen molar-refractivity contribution in [2.75, 3.05) is 31.2 Å². The van der Waals surface area contributed by atoms with Gasteiger partial charge in [-0.15, -0.1) is 10.2 Å². The minimum Gasteiger partial charge on any atom is -0.382 e. The zero-order valence-corrected chi connectivity index (χ0v) is 20.5. The number of pyridine rings is 1. The highest BCUT2D eigenvalue weighted by atomic mass is 35.5. The first-order valence-electron chi connectivity index (χ1n) is 11.6. The second kappa shape index (κ2) is 10.6. The number of alkyl halides is 3. The Kier molecular flexibility index (Phi) is 7.19. The Balaban J connectivity index is 1.46. The van der Waals surface area contributed by atoms with E-state index in [1.165, 1.54) is 35.3 Å². The van der Waals surface area contributed by atoms with E-state index in [9.17, 15) is 23.1 Å². The molecular weight excluding hydrogens is 529 g/mol. The molecule has 11 nitrogen and oxygen atoms in total. The van der Waals surface area contributed by atoms with Crippen LogP contribution < -0.4 is 10.6 Å². The molecule has 0 unspecified atom stereocenters. The first-order chi connectivity index (χ1) is 18.2. The summed E-state index contributed by atoms with van der Waals surface area (Å²) in [5, 5.41) is 18.7. The van der Waals surface area contributed by atoms with Gasteiger partial charge < -0.3 is 14.7 Å². The summed E-state index contributed by atoms with van der Waals surface area (Å²) in [5.41, 5.74) is 1.04. The maximum absolute atomic E-state index is 13.1. The van der Waals surface area contributed by atoms with E-state index in [4.69, 9.17) is 16.3 Å². The van der Waals surface area contributed by atoms with Gasteiger partial charge in [-0.05, 0) is 30.3 Å². The molecule has 1 fully saturated rings. The predicted octanol–water partition coefficient (Wildman–Crippen LogP) is 2.15. The third-order valence-electron chi connectivity index (χ3n) is 5.97. The highest BCUT2D eigenvalue weighted by Gasteiger charge is 2.39. The minimum absolute atomic E-state index is 0.0590. The second-order valence-electron chi connectivity index (χ2n) is 8.51. The maximum Gasteiger partial charge on any atom is 0.416 e. The molecule has 4 heterocycles. The number of hydrogen-bond acceptors (Lipinski definition) is 8. The molecule has 0 amide bonds. The molecule has 1 saturated heterocycles. The molecule has 5 rings (SSSR count). The first kappa shape index (κ1) is 25.9. The first-order valence-corrected chi connectivity index (χ1v) is 11.9. The molecule has 3 aromatic heterocycles. The van der Waals surface area contributed by atoms with Gasteiger partial charge in [0.05, 0.1) is 31.6 Å². The number of anilines is 1. The van der Waals surface area contributed by atoms with E-state index in [-0.39, 0.29) is 18.2 Å². The lowest BCUT2D eigenvalue weighted by Gasteiger charge is -2.30. The normalized spacial score (nSPS) is 15.1. The van der Waals surface area contributed by atoms with Crippen LogP contribution in [0.2, 0.25) is 5.02 Å². The second-order valence-corrected chi connectivity index (χ2v) is 8.94.